The first-order valence-electron chi connectivity index (χ1n) is 8.78. The fourth-order valence-corrected chi connectivity index (χ4v) is 2.61. The standard InChI is InChI=1S/C21H27NO4/c1-15(2)17-6-10-19(11-7-17)26-21(3,20(23)24)14-16-4-8-18(9-5-16)25-13-12-22/h4-11,15H,12-14,22H2,1-3H3,(H,23,24). The van der Waals surface area contributed by atoms with Gasteiger partial charge in [-0.1, -0.05) is 38.1 Å². The minimum atomic E-state index is -1.36. The SMILES string of the molecule is CC(C)c1ccc(OC(C)(Cc2ccc(OCCN)cc2)C(=O)O)cc1. The van der Waals surface area contributed by atoms with Crippen LogP contribution in [0, 0.1) is 0 Å². The smallest absolute Gasteiger partial charge is 0.348 e. The zero-order valence-electron chi connectivity index (χ0n) is 15.6. The van der Waals surface area contributed by atoms with Gasteiger partial charge in [0.05, 0.1) is 0 Å². The second-order valence-electron chi connectivity index (χ2n) is 6.82. The third-order valence-corrected chi connectivity index (χ3v) is 4.19. The Morgan fingerprint density at radius 1 is 1.08 bits per heavy atom. The lowest BCUT2D eigenvalue weighted by Gasteiger charge is -2.27. The van der Waals surface area contributed by atoms with Crippen molar-refractivity contribution in [3.8, 4) is 11.5 Å². The van der Waals surface area contributed by atoms with Gasteiger partial charge in [-0.3, -0.25) is 0 Å². The molecule has 1 unspecified atom stereocenters. The van der Waals surface area contributed by atoms with E-state index < -0.39 is 11.6 Å². The fraction of sp³-hybridized carbons (Fsp3) is 0.381. The van der Waals surface area contributed by atoms with E-state index in [9.17, 15) is 9.90 Å². The molecule has 0 aliphatic rings. The molecule has 0 aromatic heterocycles. The van der Waals surface area contributed by atoms with Crippen molar-refractivity contribution in [1.29, 1.82) is 0 Å². The molecule has 26 heavy (non-hydrogen) atoms. The Hall–Kier alpha value is -2.53. The highest BCUT2D eigenvalue weighted by molar-refractivity contribution is 5.78. The van der Waals surface area contributed by atoms with E-state index in [1.165, 1.54) is 5.56 Å². The normalized spacial score (nSPS) is 13.3. The van der Waals surface area contributed by atoms with Crippen LogP contribution in [-0.4, -0.2) is 29.8 Å². The molecule has 0 bridgehead atoms. The molecule has 5 nitrogen and oxygen atoms in total. The van der Waals surface area contributed by atoms with Gasteiger partial charge in [-0.15, -0.1) is 0 Å². The van der Waals surface area contributed by atoms with Gasteiger partial charge in [0.2, 0.25) is 5.60 Å². The minimum Gasteiger partial charge on any atom is -0.492 e. The van der Waals surface area contributed by atoms with Crippen LogP contribution < -0.4 is 15.2 Å². The third-order valence-electron chi connectivity index (χ3n) is 4.19. The van der Waals surface area contributed by atoms with Crippen LogP contribution in [0.15, 0.2) is 48.5 Å². The first-order chi connectivity index (χ1) is 12.3. The van der Waals surface area contributed by atoms with E-state index in [2.05, 4.69) is 13.8 Å². The summed E-state index contributed by atoms with van der Waals surface area (Å²) < 4.78 is 11.3. The number of hydrogen-bond acceptors (Lipinski definition) is 4. The van der Waals surface area contributed by atoms with Crippen LogP contribution >= 0.6 is 0 Å². The van der Waals surface area contributed by atoms with Gasteiger partial charge in [0.1, 0.15) is 18.1 Å². The highest BCUT2D eigenvalue weighted by atomic mass is 16.5. The van der Waals surface area contributed by atoms with E-state index in [0.717, 1.165) is 5.56 Å². The highest BCUT2D eigenvalue weighted by Crippen LogP contribution is 2.26. The summed E-state index contributed by atoms with van der Waals surface area (Å²) in [4.78, 5) is 11.8. The zero-order chi connectivity index (χ0) is 19.2. The first-order valence-corrected chi connectivity index (χ1v) is 8.78. The molecule has 0 spiro atoms. The van der Waals surface area contributed by atoms with Crippen LogP contribution in [0.5, 0.6) is 11.5 Å². The summed E-state index contributed by atoms with van der Waals surface area (Å²) in [5.74, 6) is 0.660. The van der Waals surface area contributed by atoms with Gasteiger partial charge in [-0.25, -0.2) is 4.79 Å². The number of carbonyl (C=O) groups is 1. The highest BCUT2D eigenvalue weighted by Gasteiger charge is 2.36. The van der Waals surface area contributed by atoms with Gasteiger partial charge in [0.25, 0.3) is 0 Å². The fourth-order valence-electron chi connectivity index (χ4n) is 2.61. The molecule has 0 aliphatic heterocycles. The molecule has 140 valence electrons. The van der Waals surface area contributed by atoms with Crippen LogP contribution in [0.2, 0.25) is 0 Å². The summed E-state index contributed by atoms with van der Waals surface area (Å²) in [5.41, 5.74) is 6.09. The zero-order valence-corrected chi connectivity index (χ0v) is 15.6. The largest absolute Gasteiger partial charge is 0.492 e. The summed E-state index contributed by atoms with van der Waals surface area (Å²) in [7, 11) is 0. The Labute approximate surface area is 154 Å². The molecule has 0 amide bonds. The van der Waals surface area contributed by atoms with E-state index in [0.29, 0.717) is 30.6 Å². The summed E-state index contributed by atoms with van der Waals surface area (Å²) in [6.07, 6.45) is 0.242. The number of rotatable bonds is 9. The van der Waals surface area contributed by atoms with E-state index >= 15 is 0 Å². The quantitative estimate of drug-likeness (QED) is 0.716. The summed E-state index contributed by atoms with van der Waals surface area (Å²) in [6.45, 7) is 6.70. The molecule has 0 fully saturated rings. The second-order valence-corrected chi connectivity index (χ2v) is 6.82. The minimum absolute atomic E-state index is 0.242. The average Bonchev–Trinajstić information content (AvgIpc) is 2.61. The van der Waals surface area contributed by atoms with Crippen molar-refractivity contribution >= 4 is 5.97 Å². The van der Waals surface area contributed by atoms with Crippen LogP contribution in [0.3, 0.4) is 0 Å². The van der Waals surface area contributed by atoms with Gasteiger partial charge in [0, 0.05) is 13.0 Å². The molecule has 0 saturated heterocycles. The number of benzene rings is 2. The maximum absolute atomic E-state index is 11.8. The van der Waals surface area contributed by atoms with E-state index in [1.54, 1.807) is 6.92 Å². The monoisotopic (exact) mass is 357 g/mol. The van der Waals surface area contributed by atoms with Gasteiger partial charge >= 0.3 is 5.97 Å². The molecule has 0 aliphatic carbocycles. The van der Waals surface area contributed by atoms with Crippen molar-refractivity contribution in [2.75, 3.05) is 13.2 Å². The van der Waals surface area contributed by atoms with Crippen molar-refractivity contribution in [2.24, 2.45) is 5.73 Å². The van der Waals surface area contributed by atoms with Crippen LogP contribution in [0.4, 0.5) is 0 Å². The molecule has 2 rings (SSSR count). The Balaban J connectivity index is 2.12. The molecular formula is C21H27NO4. The Morgan fingerprint density at radius 3 is 2.15 bits per heavy atom. The lowest BCUT2D eigenvalue weighted by molar-refractivity contribution is -0.153. The van der Waals surface area contributed by atoms with Gasteiger partial charge < -0.3 is 20.3 Å². The van der Waals surface area contributed by atoms with Crippen LogP contribution in [0.1, 0.15) is 37.8 Å². The molecule has 3 N–H and O–H groups in total. The molecular weight excluding hydrogens is 330 g/mol. The summed E-state index contributed by atoms with van der Waals surface area (Å²) in [5, 5.41) is 9.71. The maximum atomic E-state index is 11.8. The van der Waals surface area contributed by atoms with E-state index in [4.69, 9.17) is 15.2 Å². The Morgan fingerprint density at radius 2 is 1.65 bits per heavy atom. The van der Waals surface area contributed by atoms with Crippen LogP contribution in [0.25, 0.3) is 0 Å². The Kier molecular flexibility index (Phi) is 6.64. The first kappa shape index (κ1) is 19.8. The number of carboxylic acids is 1. The number of hydrogen-bond donors (Lipinski definition) is 2. The summed E-state index contributed by atoms with van der Waals surface area (Å²) >= 11 is 0. The van der Waals surface area contributed by atoms with Gasteiger partial charge in [-0.05, 0) is 48.2 Å². The van der Waals surface area contributed by atoms with Crippen LogP contribution in [-0.2, 0) is 11.2 Å². The second kappa shape index (κ2) is 8.72. The molecule has 0 radical (unpaired) electrons. The van der Waals surface area contributed by atoms with Crippen molar-refractivity contribution in [2.45, 2.75) is 38.7 Å². The van der Waals surface area contributed by atoms with Crippen molar-refractivity contribution in [1.82, 2.24) is 0 Å². The number of ether oxygens (including phenoxy) is 2. The molecule has 2 aromatic carbocycles. The topological polar surface area (TPSA) is 81.8 Å². The lowest BCUT2D eigenvalue weighted by atomic mass is 9.96. The van der Waals surface area contributed by atoms with Crippen molar-refractivity contribution in [3.63, 3.8) is 0 Å². The Bertz CT molecular complexity index is 710. The van der Waals surface area contributed by atoms with Crippen molar-refractivity contribution < 1.29 is 19.4 Å². The number of aliphatic carboxylic acids is 1. The van der Waals surface area contributed by atoms with Gasteiger partial charge in [0.15, 0.2) is 0 Å². The number of nitrogens with two attached hydrogens (primary N) is 1. The predicted octanol–water partition coefficient (Wildman–Crippen LogP) is 3.61. The average molecular weight is 357 g/mol. The van der Waals surface area contributed by atoms with E-state index in [-0.39, 0.29) is 6.42 Å². The summed E-state index contributed by atoms with van der Waals surface area (Å²) in [6, 6.07) is 14.9. The third kappa shape index (κ3) is 5.23. The van der Waals surface area contributed by atoms with Gasteiger partial charge in [-0.2, -0.15) is 0 Å². The number of carboxylic acid groups (broad SMARTS) is 1. The lowest BCUT2D eigenvalue weighted by Crippen LogP contribution is -2.43. The molecule has 2 aromatic rings. The van der Waals surface area contributed by atoms with Crippen molar-refractivity contribution in [3.05, 3.63) is 59.7 Å². The molecule has 5 heteroatoms. The predicted molar refractivity (Wildman–Crippen MR) is 102 cm³/mol. The molecule has 1 atom stereocenters. The van der Waals surface area contributed by atoms with E-state index in [1.807, 2.05) is 48.5 Å². The molecule has 0 heterocycles. The molecule has 0 saturated carbocycles. The maximum Gasteiger partial charge on any atom is 0.348 e.